The van der Waals surface area contributed by atoms with Crippen LogP contribution in [0.4, 0.5) is 0 Å². The third-order valence-corrected chi connectivity index (χ3v) is 6.25. The Kier molecular flexibility index (Phi) is 9.00. The zero-order valence-corrected chi connectivity index (χ0v) is 18.7. The minimum absolute atomic E-state index is 0.120. The van der Waals surface area contributed by atoms with Gasteiger partial charge in [0.05, 0.1) is 17.4 Å². The molecule has 11 heteroatoms. The maximum Gasteiger partial charge on any atom is 0.250 e. The van der Waals surface area contributed by atoms with Gasteiger partial charge in [0.15, 0.2) is 5.96 Å². The highest BCUT2D eigenvalue weighted by Crippen LogP contribution is 2.25. The third kappa shape index (κ3) is 8.91. The molecule has 8 nitrogen and oxygen atoms in total. The third-order valence-electron chi connectivity index (χ3n) is 3.07. The van der Waals surface area contributed by atoms with Crippen molar-refractivity contribution in [2.45, 2.75) is 37.4 Å². The first-order valence-corrected chi connectivity index (χ1v) is 11.2. The molecule has 0 bridgehead atoms. The van der Waals surface area contributed by atoms with Gasteiger partial charge in [-0.1, -0.05) is 11.6 Å². The predicted molar refractivity (Wildman–Crippen MR) is 111 cm³/mol. The number of thiophene rings is 1. The highest BCUT2D eigenvalue weighted by Gasteiger charge is 2.17. The summed E-state index contributed by atoms with van der Waals surface area (Å²) in [5.41, 5.74) is -0.309. The first-order valence-electron chi connectivity index (χ1n) is 8.50. The quantitative estimate of drug-likeness (QED) is 0.325. The maximum absolute atomic E-state index is 12.1. The standard InChI is InChI=1S/C16H28ClN5O3S2/c1-6-18-15(22(5)11-13(23)21-16(2,3)4)19-9-10-20-27(24,25)14-8-7-12(17)26-14/h7-8,20H,6,9-11H2,1-5H3,(H,18,19)(H,21,23). The highest BCUT2D eigenvalue weighted by atomic mass is 35.5. The van der Waals surface area contributed by atoms with Gasteiger partial charge >= 0.3 is 0 Å². The van der Waals surface area contributed by atoms with Gasteiger partial charge in [-0.05, 0) is 39.8 Å². The Hall–Kier alpha value is -1.36. The molecule has 0 saturated heterocycles. The number of likely N-dealkylation sites (N-methyl/N-ethyl adjacent to an activating group) is 1. The first kappa shape index (κ1) is 23.7. The molecule has 0 aliphatic carbocycles. The number of hydrogen-bond acceptors (Lipinski definition) is 5. The summed E-state index contributed by atoms with van der Waals surface area (Å²) in [4.78, 5) is 18.1. The molecule has 1 amide bonds. The van der Waals surface area contributed by atoms with E-state index in [4.69, 9.17) is 11.6 Å². The van der Waals surface area contributed by atoms with E-state index < -0.39 is 10.0 Å². The number of carbonyl (C=O) groups is 1. The van der Waals surface area contributed by atoms with Gasteiger partial charge in [0.2, 0.25) is 15.9 Å². The lowest BCUT2D eigenvalue weighted by atomic mass is 10.1. The molecule has 0 radical (unpaired) electrons. The molecule has 1 heterocycles. The monoisotopic (exact) mass is 437 g/mol. The summed E-state index contributed by atoms with van der Waals surface area (Å²) in [5.74, 6) is 0.408. The molecule has 0 fully saturated rings. The number of rotatable bonds is 8. The molecule has 154 valence electrons. The Balaban J connectivity index is 2.61. The van der Waals surface area contributed by atoms with Crippen LogP contribution in [0.25, 0.3) is 0 Å². The Bertz CT molecular complexity index is 756. The molecule has 1 rings (SSSR count). The van der Waals surface area contributed by atoms with Crippen molar-refractivity contribution in [2.24, 2.45) is 4.99 Å². The predicted octanol–water partition coefficient (Wildman–Crippen LogP) is 1.49. The van der Waals surface area contributed by atoms with Crippen LogP contribution in [0.15, 0.2) is 21.3 Å². The zero-order chi connectivity index (χ0) is 20.7. The van der Waals surface area contributed by atoms with Crippen molar-refractivity contribution in [1.29, 1.82) is 0 Å². The van der Waals surface area contributed by atoms with E-state index >= 15 is 0 Å². The molecular weight excluding hydrogens is 410 g/mol. The molecule has 0 unspecified atom stereocenters. The largest absolute Gasteiger partial charge is 0.357 e. The van der Waals surface area contributed by atoms with Crippen LogP contribution >= 0.6 is 22.9 Å². The number of carbonyl (C=O) groups excluding carboxylic acids is 1. The number of nitrogens with zero attached hydrogens (tertiary/aromatic N) is 2. The maximum atomic E-state index is 12.1. The molecule has 0 spiro atoms. The van der Waals surface area contributed by atoms with E-state index in [1.54, 1.807) is 18.0 Å². The van der Waals surface area contributed by atoms with Crippen LogP contribution in [0.5, 0.6) is 0 Å². The average Bonchev–Trinajstić information content (AvgIpc) is 2.95. The van der Waals surface area contributed by atoms with Gasteiger partial charge in [-0.15, -0.1) is 11.3 Å². The van der Waals surface area contributed by atoms with E-state index in [1.807, 2.05) is 27.7 Å². The lowest BCUT2D eigenvalue weighted by Gasteiger charge is -2.25. The van der Waals surface area contributed by atoms with Crippen LogP contribution in [-0.4, -0.2) is 64.0 Å². The van der Waals surface area contributed by atoms with Crippen LogP contribution in [0, 0.1) is 0 Å². The molecule has 0 saturated carbocycles. The van der Waals surface area contributed by atoms with Crippen LogP contribution in [0.3, 0.4) is 0 Å². The smallest absolute Gasteiger partial charge is 0.250 e. The number of sulfonamides is 1. The average molecular weight is 438 g/mol. The van der Waals surface area contributed by atoms with E-state index in [1.165, 1.54) is 6.07 Å². The minimum Gasteiger partial charge on any atom is -0.357 e. The SMILES string of the molecule is CCNC(=NCCNS(=O)(=O)c1ccc(Cl)s1)N(C)CC(=O)NC(C)(C)C. The van der Waals surface area contributed by atoms with Gasteiger partial charge in [-0.2, -0.15) is 0 Å². The Morgan fingerprint density at radius 1 is 1.33 bits per heavy atom. The molecule has 3 N–H and O–H groups in total. The van der Waals surface area contributed by atoms with Crippen molar-refractivity contribution in [3.05, 3.63) is 16.5 Å². The summed E-state index contributed by atoms with van der Waals surface area (Å²) in [7, 11) is -1.84. The van der Waals surface area contributed by atoms with Crippen LogP contribution in [-0.2, 0) is 14.8 Å². The minimum atomic E-state index is -3.59. The topological polar surface area (TPSA) is 103 Å². The summed E-state index contributed by atoms with van der Waals surface area (Å²) in [6, 6.07) is 3.00. The molecule has 27 heavy (non-hydrogen) atoms. The summed E-state index contributed by atoms with van der Waals surface area (Å²) >= 11 is 6.78. The van der Waals surface area contributed by atoms with E-state index in [-0.39, 0.29) is 35.3 Å². The van der Waals surface area contributed by atoms with Crippen molar-refractivity contribution in [3.63, 3.8) is 0 Å². The van der Waals surface area contributed by atoms with Gasteiger partial charge in [0.1, 0.15) is 4.21 Å². The lowest BCUT2D eigenvalue weighted by molar-refractivity contribution is -0.122. The molecule has 0 aliphatic rings. The second kappa shape index (κ2) is 10.3. The van der Waals surface area contributed by atoms with Gasteiger partial charge in [0.25, 0.3) is 0 Å². The van der Waals surface area contributed by atoms with Crippen LogP contribution in [0.2, 0.25) is 4.34 Å². The number of nitrogens with one attached hydrogen (secondary N) is 3. The van der Waals surface area contributed by atoms with E-state index in [2.05, 4.69) is 20.3 Å². The van der Waals surface area contributed by atoms with Gasteiger partial charge in [0, 0.05) is 25.7 Å². The molecule has 1 aromatic rings. The molecule has 0 aromatic carbocycles. The zero-order valence-electron chi connectivity index (χ0n) is 16.3. The van der Waals surface area contributed by atoms with Crippen molar-refractivity contribution in [3.8, 4) is 0 Å². The normalized spacial score (nSPS) is 12.7. The van der Waals surface area contributed by atoms with E-state index in [0.717, 1.165) is 11.3 Å². The van der Waals surface area contributed by atoms with E-state index in [0.29, 0.717) is 16.8 Å². The first-order chi connectivity index (χ1) is 12.4. The fourth-order valence-corrected chi connectivity index (χ4v) is 4.62. The number of aliphatic imine (C=N–C) groups is 1. The highest BCUT2D eigenvalue weighted by molar-refractivity contribution is 7.91. The number of amides is 1. The molecule has 1 aromatic heterocycles. The van der Waals surface area contributed by atoms with Crippen molar-refractivity contribution in [2.75, 3.05) is 33.2 Å². The van der Waals surface area contributed by atoms with Gasteiger partial charge < -0.3 is 15.5 Å². The second-order valence-electron chi connectivity index (χ2n) is 6.85. The van der Waals surface area contributed by atoms with Crippen LogP contribution < -0.4 is 15.4 Å². The lowest BCUT2D eigenvalue weighted by Crippen LogP contribution is -2.48. The van der Waals surface area contributed by atoms with Gasteiger partial charge in [-0.25, -0.2) is 13.1 Å². The number of guanidine groups is 1. The molecule has 0 atom stereocenters. The Labute approximate surface area is 170 Å². The molecular formula is C16H28ClN5O3S2. The second-order valence-corrected chi connectivity index (χ2v) is 10.6. The fourth-order valence-electron chi connectivity index (χ4n) is 2.07. The summed E-state index contributed by atoms with van der Waals surface area (Å²) < 4.78 is 27.4. The Morgan fingerprint density at radius 3 is 2.52 bits per heavy atom. The molecule has 0 aliphatic heterocycles. The van der Waals surface area contributed by atoms with Crippen molar-refractivity contribution >= 4 is 44.8 Å². The number of hydrogen-bond donors (Lipinski definition) is 3. The summed E-state index contributed by atoms with van der Waals surface area (Å²) in [6.07, 6.45) is 0. The fraction of sp³-hybridized carbons (Fsp3) is 0.625. The summed E-state index contributed by atoms with van der Waals surface area (Å²) in [6.45, 7) is 8.79. The van der Waals surface area contributed by atoms with E-state index in [9.17, 15) is 13.2 Å². The van der Waals surface area contributed by atoms with Crippen molar-refractivity contribution in [1.82, 2.24) is 20.3 Å². The van der Waals surface area contributed by atoms with Crippen molar-refractivity contribution < 1.29 is 13.2 Å². The Morgan fingerprint density at radius 2 is 2.00 bits per heavy atom. The summed E-state index contributed by atoms with van der Waals surface area (Å²) in [5, 5.41) is 5.98. The van der Waals surface area contributed by atoms with Crippen LogP contribution in [0.1, 0.15) is 27.7 Å². The van der Waals surface area contributed by atoms with Gasteiger partial charge in [-0.3, -0.25) is 9.79 Å². The number of halogens is 1.